The minimum Gasteiger partial charge on any atom is -0.439 e. The van der Waals surface area contributed by atoms with Crippen LogP contribution in [0.4, 0.5) is 5.82 Å². The lowest BCUT2D eigenvalue weighted by atomic mass is 9.95. The van der Waals surface area contributed by atoms with E-state index < -0.39 is 0 Å². The minimum atomic E-state index is -0.149. The van der Waals surface area contributed by atoms with Gasteiger partial charge < -0.3 is 10.2 Å². The lowest BCUT2D eigenvalue weighted by Crippen LogP contribution is -2.18. The highest BCUT2D eigenvalue weighted by Crippen LogP contribution is 2.32. The number of oxazole rings is 1. The number of anilines is 1. The second-order valence-electron chi connectivity index (χ2n) is 5.47. The van der Waals surface area contributed by atoms with Gasteiger partial charge in [0.25, 0.3) is 5.22 Å². The van der Waals surface area contributed by atoms with Crippen molar-refractivity contribution in [3.63, 3.8) is 0 Å². The van der Waals surface area contributed by atoms with Crippen LogP contribution in [0.5, 0.6) is 0 Å². The summed E-state index contributed by atoms with van der Waals surface area (Å²) in [5.74, 6) is 1.23. The molecule has 0 fully saturated rings. The summed E-state index contributed by atoms with van der Waals surface area (Å²) in [5, 5.41) is 1.36. The quantitative estimate of drug-likeness (QED) is 0.850. The van der Waals surface area contributed by atoms with Crippen LogP contribution in [0.1, 0.15) is 37.9 Å². The summed E-state index contributed by atoms with van der Waals surface area (Å²) in [5.41, 5.74) is 7.51. The zero-order valence-electron chi connectivity index (χ0n) is 11.8. The van der Waals surface area contributed by atoms with E-state index >= 15 is 0 Å². The number of aromatic nitrogens is 3. The van der Waals surface area contributed by atoms with Crippen LogP contribution >= 0.6 is 11.8 Å². The van der Waals surface area contributed by atoms with E-state index in [4.69, 9.17) is 10.2 Å². The van der Waals surface area contributed by atoms with Gasteiger partial charge in [-0.2, -0.15) is 0 Å². The molecule has 2 rings (SSSR count). The first-order valence-corrected chi connectivity index (χ1v) is 6.83. The Labute approximate surface area is 117 Å². The zero-order chi connectivity index (χ0) is 14.2. The van der Waals surface area contributed by atoms with Gasteiger partial charge in [0.1, 0.15) is 22.9 Å². The molecule has 0 aromatic carbocycles. The Morgan fingerprint density at radius 2 is 1.84 bits per heavy atom. The van der Waals surface area contributed by atoms with Gasteiger partial charge in [0, 0.05) is 11.0 Å². The van der Waals surface area contributed by atoms with E-state index in [2.05, 4.69) is 35.7 Å². The van der Waals surface area contributed by atoms with Crippen molar-refractivity contribution in [1.82, 2.24) is 15.0 Å². The number of rotatable bonds is 2. The summed E-state index contributed by atoms with van der Waals surface area (Å²) < 4.78 is 5.34. The summed E-state index contributed by atoms with van der Waals surface area (Å²) >= 11 is 1.37. The van der Waals surface area contributed by atoms with Crippen LogP contribution in [0.3, 0.4) is 0 Å². The average Bonchev–Trinajstić information content (AvgIpc) is 2.69. The lowest BCUT2D eigenvalue weighted by molar-refractivity contribution is 0.453. The second kappa shape index (κ2) is 4.85. The van der Waals surface area contributed by atoms with Crippen molar-refractivity contribution in [2.24, 2.45) is 0 Å². The Hall–Kier alpha value is -1.56. The van der Waals surface area contributed by atoms with E-state index in [1.54, 1.807) is 6.26 Å². The fourth-order valence-electron chi connectivity index (χ4n) is 1.41. The van der Waals surface area contributed by atoms with Crippen molar-refractivity contribution >= 4 is 17.6 Å². The number of nitrogens with two attached hydrogens (primary N) is 1. The van der Waals surface area contributed by atoms with Crippen molar-refractivity contribution in [1.29, 1.82) is 0 Å². The molecule has 5 nitrogen and oxygen atoms in total. The molecular formula is C13H18N4OS. The van der Waals surface area contributed by atoms with E-state index in [-0.39, 0.29) is 5.41 Å². The third-order valence-corrected chi connectivity index (χ3v) is 3.54. The summed E-state index contributed by atoms with van der Waals surface area (Å²) in [4.78, 5) is 13.2. The lowest BCUT2D eigenvalue weighted by Gasteiger charge is -2.18. The van der Waals surface area contributed by atoms with Gasteiger partial charge in [-0.25, -0.2) is 15.0 Å². The molecule has 0 unspecified atom stereocenters. The SMILES string of the molecule is Cc1coc(Sc2nc(C(C)(C)C)nc(N)c2C)n1. The number of nitrogen functional groups attached to an aromatic ring is 1. The van der Waals surface area contributed by atoms with Gasteiger partial charge in [0.05, 0.1) is 5.69 Å². The van der Waals surface area contributed by atoms with Gasteiger partial charge >= 0.3 is 0 Å². The fourth-order valence-corrected chi connectivity index (χ4v) is 2.25. The smallest absolute Gasteiger partial charge is 0.262 e. The molecule has 0 atom stereocenters. The van der Waals surface area contributed by atoms with Gasteiger partial charge in [-0.3, -0.25) is 0 Å². The Morgan fingerprint density at radius 3 is 2.37 bits per heavy atom. The highest BCUT2D eigenvalue weighted by Gasteiger charge is 2.21. The van der Waals surface area contributed by atoms with E-state index in [0.717, 1.165) is 22.1 Å². The van der Waals surface area contributed by atoms with E-state index in [9.17, 15) is 0 Å². The van der Waals surface area contributed by atoms with Crippen molar-refractivity contribution in [3.05, 3.63) is 23.3 Å². The maximum Gasteiger partial charge on any atom is 0.262 e. The molecule has 0 bridgehead atoms. The van der Waals surface area contributed by atoms with Crippen LogP contribution < -0.4 is 5.73 Å². The average molecular weight is 278 g/mol. The van der Waals surface area contributed by atoms with E-state index in [1.165, 1.54) is 11.8 Å². The number of hydrogen-bond acceptors (Lipinski definition) is 6. The summed E-state index contributed by atoms with van der Waals surface area (Å²) in [6.45, 7) is 9.96. The summed E-state index contributed by atoms with van der Waals surface area (Å²) in [7, 11) is 0. The standard InChI is InChI=1S/C13H18N4OS/c1-7-6-18-12(15-7)19-10-8(2)9(14)16-11(17-10)13(3,4)5/h6H,1-5H3,(H2,14,16,17). The first-order chi connectivity index (χ1) is 8.77. The van der Waals surface area contributed by atoms with Crippen molar-refractivity contribution in [2.45, 2.75) is 50.3 Å². The Balaban J connectivity index is 2.41. The Bertz CT molecular complexity index is 601. The minimum absolute atomic E-state index is 0.149. The summed E-state index contributed by atoms with van der Waals surface area (Å²) in [6, 6.07) is 0. The topological polar surface area (TPSA) is 77.8 Å². The molecule has 0 saturated heterocycles. The molecule has 6 heteroatoms. The molecule has 0 aliphatic rings. The van der Waals surface area contributed by atoms with Crippen molar-refractivity contribution in [3.8, 4) is 0 Å². The molecule has 0 amide bonds. The monoisotopic (exact) mass is 278 g/mol. The first kappa shape index (κ1) is 13.9. The predicted molar refractivity (Wildman–Crippen MR) is 75.2 cm³/mol. The zero-order valence-corrected chi connectivity index (χ0v) is 12.6. The molecule has 2 heterocycles. The summed E-state index contributed by atoms with van der Waals surface area (Å²) in [6.07, 6.45) is 1.62. The van der Waals surface area contributed by atoms with Gasteiger partial charge in [0.15, 0.2) is 0 Å². The Kier molecular flexibility index (Phi) is 3.54. The highest BCUT2D eigenvalue weighted by atomic mass is 32.2. The molecule has 19 heavy (non-hydrogen) atoms. The predicted octanol–water partition coefficient (Wildman–Crippen LogP) is 3.11. The third kappa shape index (κ3) is 3.07. The molecule has 0 radical (unpaired) electrons. The van der Waals surface area contributed by atoms with Crippen LogP contribution in [-0.2, 0) is 5.41 Å². The third-order valence-electron chi connectivity index (χ3n) is 2.59. The number of aryl methyl sites for hydroxylation is 1. The molecule has 2 aromatic heterocycles. The van der Waals surface area contributed by atoms with Crippen LogP contribution in [0.2, 0.25) is 0 Å². The van der Waals surface area contributed by atoms with Gasteiger partial charge in [-0.1, -0.05) is 20.8 Å². The fraction of sp³-hybridized carbons (Fsp3) is 0.462. The van der Waals surface area contributed by atoms with E-state index in [1.807, 2.05) is 13.8 Å². The van der Waals surface area contributed by atoms with Crippen LogP contribution in [-0.4, -0.2) is 15.0 Å². The first-order valence-electron chi connectivity index (χ1n) is 6.02. The second-order valence-corrected chi connectivity index (χ2v) is 6.41. The largest absolute Gasteiger partial charge is 0.439 e. The maximum absolute atomic E-state index is 5.96. The molecule has 0 saturated carbocycles. The maximum atomic E-state index is 5.96. The Morgan fingerprint density at radius 1 is 1.16 bits per heavy atom. The molecule has 0 aliphatic heterocycles. The number of hydrogen-bond donors (Lipinski definition) is 1. The molecule has 2 aromatic rings. The van der Waals surface area contributed by atoms with Crippen LogP contribution in [0.25, 0.3) is 0 Å². The molecule has 0 spiro atoms. The molecule has 102 valence electrons. The molecule has 0 aliphatic carbocycles. The van der Waals surface area contributed by atoms with Gasteiger partial charge in [0.2, 0.25) is 0 Å². The van der Waals surface area contributed by atoms with Gasteiger partial charge in [-0.05, 0) is 25.6 Å². The highest BCUT2D eigenvalue weighted by molar-refractivity contribution is 7.99. The molecular weight excluding hydrogens is 260 g/mol. The van der Waals surface area contributed by atoms with Crippen LogP contribution in [0, 0.1) is 13.8 Å². The normalized spacial score (nSPS) is 11.8. The van der Waals surface area contributed by atoms with Gasteiger partial charge in [-0.15, -0.1) is 0 Å². The van der Waals surface area contributed by atoms with Crippen LogP contribution in [0.15, 0.2) is 20.9 Å². The van der Waals surface area contributed by atoms with E-state index in [0.29, 0.717) is 11.0 Å². The van der Waals surface area contributed by atoms with Crippen molar-refractivity contribution < 1.29 is 4.42 Å². The van der Waals surface area contributed by atoms with Crippen molar-refractivity contribution in [2.75, 3.05) is 5.73 Å². The number of nitrogens with zero attached hydrogens (tertiary/aromatic N) is 3. The molecule has 2 N–H and O–H groups in total.